The number of likely N-dealkylation sites (tertiary alicyclic amines) is 1. The summed E-state index contributed by atoms with van der Waals surface area (Å²) in [6.07, 6.45) is -3.66. The molecule has 3 heterocycles. The number of fused-ring (bicyclic) bond motifs is 1. The highest BCUT2D eigenvalue weighted by Crippen LogP contribution is 2.27. The van der Waals surface area contributed by atoms with Crippen LogP contribution >= 0.6 is 0 Å². The zero-order chi connectivity index (χ0) is 58.5. The van der Waals surface area contributed by atoms with E-state index in [0.717, 1.165) is 0 Å². The number of ketones is 1. The van der Waals surface area contributed by atoms with Gasteiger partial charge in [-0.15, -0.1) is 0 Å². The second kappa shape index (κ2) is 29.5. The van der Waals surface area contributed by atoms with Crippen molar-refractivity contribution < 1.29 is 67.6 Å². The van der Waals surface area contributed by atoms with Gasteiger partial charge in [-0.05, 0) is 108 Å². The lowest BCUT2D eigenvalue weighted by atomic mass is 9.91. The van der Waals surface area contributed by atoms with Crippen LogP contribution in [-0.4, -0.2) is 191 Å². The number of nitrogens with zero attached hydrogens (tertiary/aromatic N) is 4. The topological polar surface area (TPSA) is 271 Å². The minimum atomic E-state index is -1.64. The number of esters is 2. The van der Waals surface area contributed by atoms with Crippen LogP contribution < -0.4 is 20.7 Å². The molecule has 3 saturated heterocycles. The lowest BCUT2D eigenvalue weighted by Gasteiger charge is -2.36. The van der Waals surface area contributed by atoms with Crippen molar-refractivity contribution in [2.75, 3.05) is 40.8 Å². The molecule has 21 heteroatoms. The van der Waals surface area contributed by atoms with Crippen LogP contribution in [0.3, 0.4) is 0 Å². The lowest BCUT2D eigenvalue weighted by molar-refractivity contribution is -0.163. The van der Waals surface area contributed by atoms with Gasteiger partial charge in [0.1, 0.15) is 42.1 Å². The summed E-state index contributed by atoms with van der Waals surface area (Å²) < 4.78 is 17.3. The Kier molecular flexibility index (Phi) is 24.5. The standard InChI is InChI=1S/C57H91N7O14/c1-15-34(8)47-45(66)29-46(67)78-50(33(6)7)49(68)35(9)51(69)58-41(26-31(2)3)55(73)64-25-17-19-42(64)56(74)62(13)44(28-38-20-22-40(76-14)23-21-38)57(75)77-37(11)48(53(71)59-47)60-52(70)43(27-32(4)5)61(12)30-39-18-16-24-63(39)54(72)36(10)65/h20-23,31-37,39,41-45,47-48,50,65-66H,15-19,24-30H2,1-14H3,(H,58,69)(H,59,71)(H,60,70)/t34-,35-,36-,37+,39+,41+,42-,43-,44-,45+,47+,48?,50-/m0/s1. The largest absolute Gasteiger partial charge is 0.497 e. The summed E-state index contributed by atoms with van der Waals surface area (Å²) in [7, 11) is 4.67. The molecule has 0 bridgehead atoms. The van der Waals surface area contributed by atoms with E-state index in [1.165, 1.54) is 44.7 Å². The average molecular weight is 1100 g/mol. The maximum absolute atomic E-state index is 15.0. The third kappa shape index (κ3) is 17.2. The van der Waals surface area contributed by atoms with Crippen LogP contribution in [0, 0.1) is 29.6 Å². The minimum absolute atomic E-state index is 0.0444. The van der Waals surface area contributed by atoms with Gasteiger partial charge in [0.25, 0.3) is 5.91 Å². The SMILES string of the molecule is CC[C@H](C)[C@H]1NC(=O)C(NC(=O)[C@H](CC(C)C)N(C)C[C@H]2CCCN2C(=O)[C@H](C)O)[C@@H](C)OC(=O)[C@H](Cc2ccc(OC)cc2)N(C)C(=O)[C@@H]2CCCN2C(=O)[C@@H](CC(C)C)NC(=O)[C@@H](C)C(=O)[C@H](C(C)C)OC(=O)C[C@H]1O. The first-order chi connectivity index (χ1) is 36.6. The highest BCUT2D eigenvalue weighted by Gasteiger charge is 2.45. The summed E-state index contributed by atoms with van der Waals surface area (Å²) in [4.78, 5) is 135. The number of hydrogen-bond acceptors (Lipinski definition) is 15. The molecule has 6 amide bonds. The molecular formula is C57H91N7O14. The Balaban J connectivity index is 1.87. The van der Waals surface area contributed by atoms with Crippen molar-refractivity contribution in [3.63, 3.8) is 0 Å². The van der Waals surface area contributed by atoms with Gasteiger partial charge < -0.3 is 55.1 Å². The Bertz CT molecular complexity index is 2240. The number of amides is 6. The number of likely N-dealkylation sites (N-methyl/N-ethyl adjacent to an activating group) is 2. The number of nitrogens with one attached hydrogen (secondary N) is 3. The number of hydrogen-bond donors (Lipinski definition) is 5. The van der Waals surface area contributed by atoms with E-state index in [4.69, 9.17) is 14.2 Å². The maximum Gasteiger partial charge on any atom is 0.329 e. The average Bonchev–Trinajstić information content (AvgIpc) is 4.09. The number of cyclic esters (lactones) is 2. The molecule has 78 heavy (non-hydrogen) atoms. The zero-order valence-corrected chi connectivity index (χ0v) is 48.6. The summed E-state index contributed by atoms with van der Waals surface area (Å²) in [6, 6.07) is -0.766. The van der Waals surface area contributed by atoms with E-state index in [-0.39, 0.29) is 50.2 Å². The van der Waals surface area contributed by atoms with Gasteiger partial charge in [0.15, 0.2) is 11.9 Å². The second-order valence-electron chi connectivity index (χ2n) is 23.1. The molecule has 1 aromatic rings. The van der Waals surface area contributed by atoms with Crippen LogP contribution in [0.4, 0.5) is 0 Å². The molecule has 0 saturated carbocycles. The van der Waals surface area contributed by atoms with E-state index in [2.05, 4.69) is 16.0 Å². The van der Waals surface area contributed by atoms with Crippen molar-refractivity contribution in [1.29, 1.82) is 0 Å². The molecule has 0 radical (unpaired) electrons. The molecule has 0 aliphatic carbocycles. The predicted molar refractivity (Wildman–Crippen MR) is 290 cm³/mol. The summed E-state index contributed by atoms with van der Waals surface area (Å²) in [5, 5.41) is 30.5. The van der Waals surface area contributed by atoms with Crippen LogP contribution in [0.1, 0.15) is 133 Å². The van der Waals surface area contributed by atoms with Gasteiger partial charge in [-0.1, -0.05) is 73.9 Å². The Labute approximate surface area is 461 Å². The molecule has 4 rings (SSSR count). The number of carbonyl (C=O) groups excluding carboxylic acids is 9. The van der Waals surface area contributed by atoms with Gasteiger partial charge >= 0.3 is 11.9 Å². The molecule has 13 atom stereocenters. The number of benzene rings is 1. The van der Waals surface area contributed by atoms with E-state index in [9.17, 15) is 48.6 Å². The van der Waals surface area contributed by atoms with Crippen molar-refractivity contribution in [2.45, 2.75) is 201 Å². The van der Waals surface area contributed by atoms with Crippen molar-refractivity contribution >= 4 is 53.2 Å². The van der Waals surface area contributed by atoms with Crippen molar-refractivity contribution in [1.82, 2.24) is 35.6 Å². The van der Waals surface area contributed by atoms with E-state index in [1.807, 2.05) is 34.6 Å². The van der Waals surface area contributed by atoms with Crippen molar-refractivity contribution in [3.05, 3.63) is 29.8 Å². The van der Waals surface area contributed by atoms with E-state index < -0.39 is 138 Å². The molecule has 5 N–H and O–H groups in total. The van der Waals surface area contributed by atoms with Crippen molar-refractivity contribution in [2.24, 2.45) is 29.6 Å². The lowest BCUT2D eigenvalue weighted by Crippen LogP contribution is -2.61. The summed E-state index contributed by atoms with van der Waals surface area (Å²) >= 11 is 0. The summed E-state index contributed by atoms with van der Waals surface area (Å²) in [5.74, 6) is -8.68. The molecule has 3 fully saturated rings. The molecule has 438 valence electrons. The molecule has 21 nitrogen and oxygen atoms in total. The molecular weight excluding hydrogens is 1010 g/mol. The Morgan fingerprint density at radius 2 is 1.51 bits per heavy atom. The number of aliphatic hydroxyl groups excluding tert-OH is 2. The smallest absolute Gasteiger partial charge is 0.329 e. The number of carbonyl (C=O) groups is 9. The van der Waals surface area contributed by atoms with E-state index in [1.54, 1.807) is 61.9 Å². The van der Waals surface area contributed by atoms with E-state index in [0.29, 0.717) is 50.0 Å². The van der Waals surface area contributed by atoms with Gasteiger partial charge in [0, 0.05) is 39.1 Å². The maximum atomic E-state index is 15.0. The quantitative estimate of drug-likeness (QED) is 0.118. The number of methoxy groups -OCH3 is 1. The summed E-state index contributed by atoms with van der Waals surface area (Å²) in [6.45, 7) is 19.4. The normalized spacial score (nSPS) is 28.1. The predicted octanol–water partition coefficient (Wildman–Crippen LogP) is 2.79. The third-order valence-electron chi connectivity index (χ3n) is 15.5. The highest BCUT2D eigenvalue weighted by atomic mass is 16.6. The number of Topliss-reactive ketones (excluding diaryl/α,β-unsaturated/α-hetero) is 1. The minimum Gasteiger partial charge on any atom is -0.497 e. The van der Waals surface area contributed by atoms with Gasteiger partial charge in [0.2, 0.25) is 29.5 Å². The van der Waals surface area contributed by atoms with Gasteiger partial charge in [-0.3, -0.25) is 43.3 Å². The monoisotopic (exact) mass is 1100 g/mol. The van der Waals surface area contributed by atoms with Crippen LogP contribution in [0.5, 0.6) is 5.75 Å². The Morgan fingerprint density at radius 1 is 0.872 bits per heavy atom. The van der Waals surface area contributed by atoms with Crippen molar-refractivity contribution in [3.8, 4) is 5.75 Å². The first-order valence-corrected chi connectivity index (χ1v) is 28.0. The Morgan fingerprint density at radius 3 is 2.09 bits per heavy atom. The van der Waals surface area contributed by atoms with Crippen LogP contribution in [0.15, 0.2) is 24.3 Å². The van der Waals surface area contributed by atoms with Crippen LogP contribution in [0.25, 0.3) is 0 Å². The number of aliphatic hydroxyl groups is 2. The fourth-order valence-electron chi connectivity index (χ4n) is 10.7. The van der Waals surface area contributed by atoms with Gasteiger partial charge in [-0.2, -0.15) is 0 Å². The molecule has 0 spiro atoms. The van der Waals surface area contributed by atoms with Gasteiger partial charge in [0.05, 0.1) is 37.6 Å². The fourth-order valence-corrected chi connectivity index (χ4v) is 10.7. The van der Waals surface area contributed by atoms with Gasteiger partial charge in [-0.25, -0.2) is 4.79 Å². The first kappa shape index (κ1) is 64.9. The fraction of sp³-hybridized carbons (Fsp3) is 0.737. The summed E-state index contributed by atoms with van der Waals surface area (Å²) in [5.41, 5.74) is 0.604. The molecule has 1 unspecified atom stereocenters. The number of ether oxygens (including phenoxy) is 3. The third-order valence-corrected chi connectivity index (χ3v) is 15.5. The first-order valence-electron chi connectivity index (χ1n) is 28.0. The molecule has 0 aromatic heterocycles. The zero-order valence-electron chi connectivity index (χ0n) is 48.6. The highest BCUT2D eigenvalue weighted by molar-refractivity contribution is 6.05. The van der Waals surface area contributed by atoms with Crippen LogP contribution in [-0.2, 0) is 59.0 Å². The van der Waals surface area contributed by atoms with E-state index >= 15 is 4.79 Å². The molecule has 3 aliphatic rings. The molecule has 1 aromatic carbocycles. The molecule has 3 aliphatic heterocycles. The second-order valence-corrected chi connectivity index (χ2v) is 23.1. The Hall–Kier alpha value is -5.67. The van der Waals surface area contributed by atoms with Crippen LogP contribution in [0.2, 0.25) is 0 Å². The number of rotatable bonds is 16.